The van der Waals surface area contributed by atoms with Crippen LogP contribution >= 0.6 is 23.2 Å². The zero-order chi connectivity index (χ0) is 18.6. The van der Waals surface area contributed by atoms with E-state index >= 15 is 0 Å². The number of rotatable bonds is 6. The molecule has 1 amide bonds. The van der Waals surface area contributed by atoms with Crippen LogP contribution in [0, 0.1) is 10.1 Å². The van der Waals surface area contributed by atoms with Crippen molar-refractivity contribution in [1.29, 1.82) is 0 Å². The van der Waals surface area contributed by atoms with Gasteiger partial charge >= 0.3 is 0 Å². The lowest BCUT2D eigenvalue weighted by Gasteiger charge is -2.17. The molecule has 0 unspecified atom stereocenters. The third-order valence-corrected chi connectivity index (χ3v) is 3.78. The zero-order valence-corrected chi connectivity index (χ0v) is 14.8. The number of nitro benzene ring substituents is 1. The van der Waals surface area contributed by atoms with Gasteiger partial charge in [0.15, 0.2) is 17.6 Å². The predicted octanol–water partition coefficient (Wildman–Crippen LogP) is 4.32. The van der Waals surface area contributed by atoms with Crippen molar-refractivity contribution in [2.24, 2.45) is 0 Å². The van der Waals surface area contributed by atoms with Crippen molar-refractivity contribution < 1.29 is 19.2 Å². The number of nitro groups is 1. The second-order valence-corrected chi connectivity index (χ2v) is 5.81. The Hall–Kier alpha value is -2.51. The van der Waals surface area contributed by atoms with Crippen molar-refractivity contribution in [3.05, 3.63) is 56.6 Å². The molecular weight excluding hydrogens is 371 g/mol. The normalized spacial score (nSPS) is 11.5. The van der Waals surface area contributed by atoms with Crippen molar-refractivity contribution in [2.45, 2.75) is 13.0 Å². The zero-order valence-electron chi connectivity index (χ0n) is 13.3. The summed E-state index contributed by atoms with van der Waals surface area (Å²) in [6.07, 6.45) is -0.967. The van der Waals surface area contributed by atoms with Gasteiger partial charge in [-0.1, -0.05) is 23.2 Å². The van der Waals surface area contributed by atoms with E-state index in [1.807, 2.05) is 0 Å². The number of anilines is 1. The summed E-state index contributed by atoms with van der Waals surface area (Å²) in [4.78, 5) is 22.6. The van der Waals surface area contributed by atoms with Crippen molar-refractivity contribution in [2.75, 3.05) is 12.4 Å². The first-order valence-electron chi connectivity index (χ1n) is 7.07. The van der Waals surface area contributed by atoms with Gasteiger partial charge in [0.25, 0.3) is 11.6 Å². The molecule has 2 rings (SSSR count). The van der Waals surface area contributed by atoms with E-state index in [0.29, 0.717) is 15.7 Å². The lowest BCUT2D eigenvalue weighted by molar-refractivity contribution is -0.385. The van der Waals surface area contributed by atoms with Crippen LogP contribution in [0.3, 0.4) is 0 Å². The fourth-order valence-electron chi connectivity index (χ4n) is 1.94. The monoisotopic (exact) mass is 384 g/mol. The summed E-state index contributed by atoms with van der Waals surface area (Å²) in [7, 11) is 1.39. The molecule has 0 saturated carbocycles. The molecule has 0 heterocycles. The van der Waals surface area contributed by atoms with Gasteiger partial charge in [0.2, 0.25) is 0 Å². The third-order valence-electron chi connectivity index (χ3n) is 3.22. The average molecular weight is 385 g/mol. The van der Waals surface area contributed by atoms with Gasteiger partial charge in [-0.2, -0.15) is 0 Å². The molecule has 0 spiro atoms. The molecule has 0 aliphatic rings. The summed E-state index contributed by atoms with van der Waals surface area (Å²) in [5.74, 6) is -0.152. The van der Waals surface area contributed by atoms with Crippen LogP contribution in [0.5, 0.6) is 11.5 Å². The Morgan fingerprint density at radius 3 is 2.56 bits per heavy atom. The highest BCUT2D eigenvalue weighted by atomic mass is 35.5. The van der Waals surface area contributed by atoms with Crippen LogP contribution in [0.2, 0.25) is 10.0 Å². The molecule has 2 aromatic rings. The van der Waals surface area contributed by atoms with Crippen molar-refractivity contribution in [3.8, 4) is 11.5 Å². The van der Waals surface area contributed by atoms with E-state index in [-0.39, 0.29) is 17.2 Å². The predicted molar refractivity (Wildman–Crippen MR) is 94.8 cm³/mol. The van der Waals surface area contributed by atoms with Gasteiger partial charge in [0.05, 0.1) is 28.8 Å². The van der Waals surface area contributed by atoms with Gasteiger partial charge < -0.3 is 14.8 Å². The maximum atomic E-state index is 12.3. The lowest BCUT2D eigenvalue weighted by Crippen LogP contribution is -2.30. The van der Waals surface area contributed by atoms with Crippen LogP contribution in [0.25, 0.3) is 0 Å². The van der Waals surface area contributed by atoms with Crippen LogP contribution in [0.15, 0.2) is 36.4 Å². The Bertz CT molecular complexity index is 813. The molecule has 7 nitrogen and oxygen atoms in total. The number of nitrogens with zero attached hydrogens (tertiary/aromatic N) is 1. The standard InChI is InChI=1S/C16H14Cl2N2O5/c1-9(16(21)19-13-7-10(17)3-5-12(13)18)25-15-8-11(20(22)23)4-6-14(15)24-2/h3-9H,1-2H3,(H,19,21)/t9-/m0/s1. The first-order valence-corrected chi connectivity index (χ1v) is 7.82. The number of ether oxygens (including phenoxy) is 2. The summed E-state index contributed by atoms with van der Waals surface area (Å²) in [6, 6.07) is 8.51. The molecule has 1 atom stereocenters. The number of benzene rings is 2. The highest BCUT2D eigenvalue weighted by Crippen LogP contribution is 2.32. The third kappa shape index (κ3) is 4.74. The molecule has 2 aromatic carbocycles. The minimum Gasteiger partial charge on any atom is -0.493 e. The van der Waals surface area contributed by atoms with E-state index in [1.54, 1.807) is 12.1 Å². The van der Waals surface area contributed by atoms with Gasteiger partial charge in [0, 0.05) is 11.1 Å². The van der Waals surface area contributed by atoms with Gasteiger partial charge in [-0.15, -0.1) is 0 Å². The Balaban J connectivity index is 2.17. The Morgan fingerprint density at radius 1 is 1.20 bits per heavy atom. The van der Waals surface area contributed by atoms with Gasteiger partial charge in [-0.05, 0) is 31.2 Å². The van der Waals surface area contributed by atoms with Crippen LogP contribution in [-0.2, 0) is 4.79 Å². The first kappa shape index (κ1) is 18.8. The van der Waals surface area contributed by atoms with Crippen molar-refractivity contribution in [3.63, 3.8) is 0 Å². The van der Waals surface area contributed by atoms with Gasteiger partial charge in [-0.25, -0.2) is 0 Å². The number of non-ortho nitro benzene ring substituents is 1. The molecule has 1 N–H and O–H groups in total. The SMILES string of the molecule is COc1ccc([N+](=O)[O-])cc1O[C@@H](C)C(=O)Nc1cc(Cl)ccc1Cl. The summed E-state index contributed by atoms with van der Waals surface area (Å²) >= 11 is 11.9. The minimum absolute atomic E-state index is 0.0801. The molecule has 0 aliphatic carbocycles. The van der Waals surface area contributed by atoms with Crippen molar-refractivity contribution >= 4 is 40.5 Å². The highest BCUT2D eigenvalue weighted by Gasteiger charge is 2.20. The molecule has 9 heteroatoms. The molecule has 0 fully saturated rings. The molecule has 0 aromatic heterocycles. The lowest BCUT2D eigenvalue weighted by atomic mass is 10.2. The number of methoxy groups -OCH3 is 1. The maximum absolute atomic E-state index is 12.3. The van der Waals surface area contributed by atoms with Gasteiger partial charge in [0.1, 0.15) is 0 Å². The van der Waals surface area contributed by atoms with E-state index in [9.17, 15) is 14.9 Å². The van der Waals surface area contributed by atoms with E-state index in [0.717, 1.165) is 0 Å². The molecule has 25 heavy (non-hydrogen) atoms. The Morgan fingerprint density at radius 2 is 1.92 bits per heavy atom. The fraction of sp³-hybridized carbons (Fsp3) is 0.188. The topological polar surface area (TPSA) is 90.7 Å². The van der Waals surface area contributed by atoms with E-state index in [4.69, 9.17) is 32.7 Å². The smallest absolute Gasteiger partial charge is 0.273 e. The van der Waals surface area contributed by atoms with Crippen LogP contribution in [0.4, 0.5) is 11.4 Å². The summed E-state index contributed by atoms with van der Waals surface area (Å²) in [5.41, 5.74) is 0.155. The number of nitrogens with one attached hydrogen (secondary N) is 1. The molecule has 132 valence electrons. The molecule has 0 radical (unpaired) electrons. The Labute approximate surface area is 153 Å². The number of carbonyl (C=O) groups is 1. The Kier molecular flexibility index (Phi) is 6.06. The number of hydrogen-bond acceptors (Lipinski definition) is 5. The number of carbonyl (C=O) groups excluding carboxylic acids is 1. The maximum Gasteiger partial charge on any atom is 0.273 e. The average Bonchev–Trinajstić information content (AvgIpc) is 2.57. The van der Waals surface area contributed by atoms with Crippen LogP contribution < -0.4 is 14.8 Å². The van der Waals surface area contributed by atoms with E-state index < -0.39 is 16.9 Å². The number of amides is 1. The molecule has 0 aliphatic heterocycles. The second kappa shape index (κ2) is 8.04. The van der Waals surface area contributed by atoms with Crippen LogP contribution in [-0.4, -0.2) is 24.0 Å². The highest BCUT2D eigenvalue weighted by molar-refractivity contribution is 6.35. The number of hydrogen-bond donors (Lipinski definition) is 1. The van der Waals surface area contributed by atoms with E-state index in [2.05, 4.69) is 5.32 Å². The molecule has 0 bridgehead atoms. The van der Waals surface area contributed by atoms with Crippen molar-refractivity contribution in [1.82, 2.24) is 0 Å². The minimum atomic E-state index is -0.967. The summed E-state index contributed by atoms with van der Waals surface area (Å²) in [6.45, 7) is 1.49. The van der Waals surface area contributed by atoms with Crippen LogP contribution in [0.1, 0.15) is 6.92 Å². The molecular formula is C16H14Cl2N2O5. The second-order valence-electron chi connectivity index (χ2n) is 4.97. The summed E-state index contributed by atoms with van der Waals surface area (Å²) in [5, 5.41) is 14.2. The van der Waals surface area contributed by atoms with E-state index in [1.165, 1.54) is 38.3 Å². The quantitative estimate of drug-likeness (QED) is 0.591. The largest absolute Gasteiger partial charge is 0.493 e. The fourth-order valence-corrected chi connectivity index (χ4v) is 2.28. The molecule has 0 saturated heterocycles. The summed E-state index contributed by atoms with van der Waals surface area (Å²) < 4.78 is 10.6. The van der Waals surface area contributed by atoms with Gasteiger partial charge in [-0.3, -0.25) is 14.9 Å². The number of halogens is 2. The first-order chi connectivity index (χ1) is 11.8.